The summed E-state index contributed by atoms with van der Waals surface area (Å²) in [6.07, 6.45) is 1.87. The van der Waals surface area contributed by atoms with Crippen LogP contribution >= 0.6 is 11.6 Å². The van der Waals surface area contributed by atoms with Gasteiger partial charge in [-0.25, -0.2) is 0 Å². The zero-order chi connectivity index (χ0) is 13.2. The smallest absolute Gasteiger partial charge is 0.262 e. The lowest BCUT2D eigenvalue weighted by atomic mass is 10.2. The van der Waals surface area contributed by atoms with Crippen molar-refractivity contribution in [3.05, 3.63) is 41.2 Å². The van der Waals surface area contributed by atoms with Crippen LogP contribution in [-0.4, -0.2) is 17.5 Å². The van der Waals surface area contributed by atoms with Crippen molar-refractivity contribution in [1.82, 2.24) is 4.98 Å². The van der Waals surface area contributed by atoms with Crippen molar-refractivity contribution in [3.8, 4) is 5.75 Å². The van der Waals surface area contributed by atoms with E-state index in [2.05, 4.69) is 15.6 Å². The minimum Gasteiger partial charge on any atom is -0.482 e. The fraction of sp³-hybridized carbons (Fsp3) is 0.154. The lowest BCUT2D eigenvalue weighted by Crippen LogP contribution is -2.25. The number of carbonyl (C=O) groups is 1. The number of aromatic nitrogens is 1. The molecule has 0 spiro atoms. The van der Waals surface area contributed by atoms with Gasteiger partial charge < -0.3 is 20.4 Å². The monoisotopic (exact) mass is 277 g/mol. The number of halogens is 1. The summed E-state index contributed by atoms with van der Waals surface area (Å²) < 4.78 is 5.35. The number of H-pyrrole nitrogens is 1. The van der Waals surface area contributed by atoms with Crippen LogP contribution in [0.1, 0.15) is 5.69 Å². The molecular formula is C13H12ClN3O2. The largest absolute Gasteiger partial charge is 0.482 e. The molecule has 0 bridgehead atoms. The van der Waals surface area contributed by atoms with E-state index in [0.717, 1.165) is 11.4 Å². The van der Waals surface area contributed by atoms with Crippen LogP contribution in [0.15, 0.2) is 30.5 Å². The number of carbonyl (C=O) groups excluding carboxylic acids is 1. The lowest BCUT2D eigenvalue weighted by Gasteiger charge is -2.19. The Bertz CT molecular complexity index is 611. The number of anilines is 2. The van der Waals surface area contributed by atoms with Gasteiger partial charge in [0.1, 0.15) is 5.75 Å². The normalized spacial score (nSPS) is 13.4. The molecule has 1 aliphatic heterocycles. The highest BCUT2D eigenvalue weighted by atomic mass is 35.5. The van der Waals surface area contributed by atoms with Gasteiger partial charge in [-0.2, -0.15) is 0 Å². The molecule has 0 aliphatic carbocycles. The Labute approximate surface area is 114 Å². The van der Waals surface area contributed by atoms with E-state index in [4.69, 9.17) is 16.3 Å². The van der Waals surface area contributed by atoms with E-state index in [9.17, 15) is 4.79 Å². The maximum Gasteiger partial charge on any atom is 0.262 e. The summed E-state index contributed by atoms with van der Waals surface area (Å²) in [6, 6.07) is 7.39. The molecule has 3 N–H and O–H groups in total. The quantitative estimate of drug-likeness (QED) is 0.808. The number of nitrogens with one attached hydrogen (secondary N) is 3. The molecule has 0 unspecified atom stereocenters. The molecule has 0 radical (unpaired) electrons. The fourth-order valence-corrected chi connectivity index (χ4v) is 2.13. The molecule has 6 heteroatoms. The van der Waals surface area contributed by atoms with E-state index in [1.807, 2.05) is 18.3 Å². The van der Waals surface area contributed by atoms with Gasteiger partial charge in [-0.1, -0.05) is 11.6 Å². The Morgan fingerprint density at radius 3 is 3.11 bits per heavy atom. The van der Waals surface area contributed by atoms with E-state index in [0.29, 0.717) is 23.0 Å². The Morgan fingerprint density at radius 2 is 2.32 bits per heavy atom. The van der Waals surface area contributed by atoms with Gasteiger partial charge in [0.2, 0.25) is 0 Å². The predicted octanol–water partition coefficient (Wildman–Crippen LogP) is 2.61. The van der Waals surface area contributed by atoms with Crippen LogP contribution in [-0.2, 0) is 11.3 Å². The molecule has 1 amide bonds. The van der Waals surface area contributed by atoms with Gasteiger partial charge in [-0.3, -0.25) is 4.79 Å². The van der Waals surface area contributed by atoms with Crippen LogP contribution in [0.3, 0.4) is 0 Å². The Hall–Kier alpha value is -2.14. The lowest BCUT2D eigenvalue weighted by molar-refractivity contribution is -0.118. The summed E-state index contributed by atoms with van der Waals surface area (Å²) in [5.41, 5.74) is 2.43. The molecule has 5 nitrogen and oxygen atoms in total. The van der Waals surface area contributed by atoms with Gasteiger partial charge in [-0.05, 0) is 18.2 Å². The van der Waals surface area contributed by atoms with Crippen LogP contribution in [0.2, 0.25) is 5.02 Å². The zero-order valence-electron chi connectivity index (χ0n) is 10.00. The summed E-state index contributed by atoms with van der Waals surface area (Å²) in [7, 11) is 0. The van der Waals surface area contributed by atoms with Gasteiger partial charge in [0.15, 0.2) is 6.61 Å². The number of aromatic amines is 1. The molecule has 1 aromatic heterocycles. The fourth-order valence-electron chi connectivity index (χ4n) is 1.90. The van der Waals surface area contributed by atoms with Gasteiger partial charge in [0, 0.05) is 18.0 Å². The molecule has 1 aliphatic rings. The van der Waals surface area contributed by atoms with Crippen LogP contribution in [0.25, 0.3) is 0 Å². The third-order valence-corrected chi connectivity index (χ3v) is 3.15. The molecule has 2 heterocycles. The van der Waals surface area contributed by atoms with Crippen LogP contribution < -0.4 is 15.4 Å². The zero-order valence-corrected chi connectivity index (χ0v) is 10.8. The summed E-state index contributed by atoms with van der Waals surface area (Å²) in [5, 5.41) is 6.47. The number of fused-ring (bicyclic) bond motifs is 1. The van der Waals surface area contributed by atoms with Crippen LogP contribution in [0.5, 0.6) is 5.75 Å². The van der Waals surface area contributed by atoms with Crippen molar-refractivity contribution in [1.29, 1.82) is 0 Å². The van der Waals surface area contributed by atoms with Gasteiger partial charge in [0.05, 0.1) is 22.9 Å². The van der Waals surface area contributed by atoms with Crippen molar-refractivity contribution >= 4 is 28.9 Å². The summed E-state index contributed by atoms with van der Waals surface area (Å²) in [5.74, 6) is 0.452. The van der Waals surface area contributed by atoms with Crippen molar-refractivity contribution in [3.63, 3.8) is 0 Å². The molecule has 2 aromatic rings. The van der Waals surface area contributed by atoms with Crippen LogP contribution in [0, 0.1) is 0 Å². The van der Waals surface area contributed by atoms with E-state index in [-0.39, 0.29) is 12.5 Å². The first-order valence-electron chi connectivity index (χ1n) is 5.85. The molecule has 0 atom stereocenters. The summed E-state index contributed by atoms with van der Waals surface area (Å²) in [4.78, 5) is 14.3. The van der Waals surface area contributed by atoms with Gasteiger partial charge >= 0.3 is 0 Å². The first-order chi connectivity index (χ1) is 9.22. The summed E-state index contributed by atoms with van der Waals surface area (Å²) >= 11 is 6.17. The Kier molecular flexibility index (Phi) is 3.05. The van der Waals surface area contributed by atoms with Crippen LogP contribution in [0.4, 0.5) is 11.4 Å². The molecule has 0 saturated heterocycles. The number of hydrogen-bond donors (Lipinski definition) is 3. The van der Waals surface area contributed by atoms with E-state index >= 15 is 0 Å². The minimum atomic E-state index is -0.171. The molecule has 98 valence electrons. The topological polar surface area (TPSA) is 66.1 Å². The number of rotatable bonds is 3. The van der Waals surface area contributed by atoms with Crippen molar-refractivity contribution in [2.75, 3.05) is 17.2 Å². The molecule has 1 aromatic carbocycles. The predicted molar refractivity (Wildman–Crippen MR) is 73.7 cm³/mol. The second-order valence-electron chi connectivity index (χ2n) is 4.21. The highest BCUT2D eigenvalue weighted by Crippen LogP contribution is 2.36. The van der Waals surface area contributed by atoms with Gasteiger partial charge in [0.25, 0.3) is 5.91 Å². The number of benzene rings is 1. The summed E-state index contributed by atoms with van der Waals surface area (Å²) in [6.45, 7) is 0.669. The first kappa shape index (κ1) is 11.9. The molecule has 0 saturated carbocycles. The first-order valence-corrected chi connectivity index (χ1v) is 6.22. The van der Waals surface area contributed by atoms with Crippen molar-refractivity contribution < 1.29 is 9.53 Å². The van der Waals surface area contributed by atoms with Gasteiger partial charge in [-0.15, -0.1) is 0 Å². The van der Waals surface area contributed by atoms with E-state index < -0.39 is 0 Å². The number of amides is 1. The third-order valence-electron chi connectivity index (χ3n) is 2.83. The standard InChI is InChI=1S/C13H12ClN3O2/c14-9-4-11-12(19-7-13(18)17-11)5-10(9)16-6-8-2-1-3-15-8/h1-5,15-16H,6-7H2,(H,17,18). The second kappa shape index (κ2) is 4.85. The minimum absolute atomic E-state index is 0.0324. The third kappa shape index (κ3) is 2.51. The van der Waals surface area contributed by atoms with E-state index in [1.54, 1.807) is 12.1 Å². The Balaban J connectivity index is 1.80. The Morgan fingerprint density at radius 1 is 1.42 bits per heavy atom. The maximum absolute atomic E-state index is 11.2. The molecular weight excluding hydrogens is 266 g/mol. The van der Waals surface area contributed by atoms with Crippen molar-refractivity contribution in [2.45, 2.75) is 6.54 Å². The number of ether oxygens (including phenoxy) is 1. The molecule has 0 fully saturated rings. The second-order valence-corrected chi connectivity index (χ2v) is 4.62. The molecule has 19 heavy (non-hydrogen) atoms. The highest BCUT2D eigenvalue weighted by molar-refractivity contribution is 6.33. The average molecular weight is 278 g/mol. The maximum atomic E-state index is 11.2. The average Bonchev–Trinajstić information content (AvgIpc) is 2.89. The SMILES string of the molecule is O=C1COc2cc(NCc3ccc[nH]3)c(Cl)cc2N1. The van der Waals surface area contributed by atoms with E-state index in [1.165, 1.54) is 0 Å². The number of hydrogen-bond acceptors (Lipinski definition) is 3. The highest BCUT2D eigenvalue weighted by Gasteiger charge is 2.18. The molecule has 3 rings (SSSR count). The van der Waals surface area contributed by atoms with Crippen molar-refractivity contribution in [2.24, 2.45) is 0 Å².